The number of fused-ring (bicyclic) bond motifs is 1. The van der Waals surface area contributed by atoms with Gasteiger partial charge < -0.3 is 15.7 Å². The zero-order valence-corrected chi connectivity index (χ0v) is 11.5. The molecular formula is C12H17N3O3S. The summed E-state index contributed by atoms with van der Waals surface area (Å²) in [4.78, 5) is 29.4. The highest BCUT2D eigenvalue weighted by atomic mass is 32.2. The van der Waals surface area contributed by atoms with Crippen molar-refractivity contribution in [2.24, 2.45) is 16.6 Å². The summed E-state index contributed by atoms with van der Waals surface area (Å²) in [6, 6.07) is -0.0618. The fourth-order valence-electron chi connectivity index (χ4n) is 2.59. The number of allylic oxidation sites excluding steroid dienone is 1. The fraction of sp³-hybridized carbons (Fsp3) is 0.583. The Morgan fingerprint density at radius 2 is 2.42 bits per heavy atom. The molecule has 2 aliphatic rings. The molecule has 0 bridgehead atoms. The van der Waals surface area contributed by atoms with Gasteiger partial charge in [0.2, 0.25) is 5.91 Å². The number of aliphatic imine (C=N–C) groups is 1. The van der Waals surface area contributed by atoms with Gasteiger partial charge in [-0.25, -0.2) is 0 Å². The molecule has 104 valence electrons. The third-order valence-electron chi connectivity index (χ3n) is 3.44. The van der Waals surface area contributed by atoms with E-state index in [-0.39, 0.29) is 17.9 Å². The second-order valence-electron chi connectivity index (χ2n) is 4.58. The summed E-state index contributed by atoms with van der Waals surface area (Å²) in [7, 11) is 0. The Kier molecular flexibility index (Phi) is 4.26. The van der Waals surface area contributed by atoms with Crippen molar-refractivity contribution in [2.75, 3.05) is 12.3 Å². The van der Waals surface area contributed by atoms with Crippen LogP contribution in [0.3, 0.4) is 0 Å². The Labute approximate surface area is 115 Å². The van der Waals surface area contributed by atoms with Gasteiger partial charge in [-0.3, -0.25) is 14.6 Å². The number of hydrogen-bond donors (Lipinski definition) is 2. The normalized spacial score (nSPS) is 27.7. The number of amides is 1. The number of aliphatic hydroxyl groups is 1. The minimum atomic E-state index is -0.673. The summed E-state index contributed by atoms with van der Waals surface area (Å²) < 4.78 is 0. The van der Waals surface area contributed by atoms with Crippen molar-refractivity contribution in [1.29, 1.82) is 0 Å². The highest BCUT2D eigenvalue weighted by molar-refractivity contribution is 8.03. The molecular weight excluding hydrogens is 266 g/mol. The summed E-state index contributed by atoms with van der Waals surface area (Å²) in [5.74, 6) is 0.182. The van der Waals surface area contributed by atoms with E-state index in [2.05, 4.69) is 4.99 Å². The number of nitrogens with two attached hydrogens (primary N) is 1. The molecule has 2 rings (SSSR count). The van der Waals surface area contributed by atoms with E-state index >= 15 is 0 Å². The largest absolute Gasteiger partial charge is 0.393 e. The van der Waals surface area contributed by atoms with Gasteiger partial charge in [-0.2, -0.15) is 0 Å². The molecule has 1 fully saturated rings. The molecule has 0 aromatic carbocycles. The van der Waals surface area contributed by atoms with Crippen LogP contribution in [0.1, 0.15) is 13.3 Å². The van der Waals surface area contributed by atoms with E-state index in [1.54, 1.807) is 6.92 Å². The monoisotopic (exact) mass is 283 g/mol. The van der Waals surface area contributed by atoms with Crippen molar-refractivity contribution < 1.29 is 14.7 Å². The number of β-lactam (4-membered cyclic amide) rings is 1. The van der Waals surface area contributed by atoms with Gasteiger partial charge >= 0.3 is 0 Å². The molecule has 7 heteroatoms. The van der Waals surface area contributed by atoms with Crippen LogP contribution in [-0.2, 0) is 9.59 Å². The molecule has 2 heterocycles. The van der Waals surface area contributed by atoms with Crippen LogP contribution in [0.5, 0.6) is 0 Å². The van der Waals surface area contributed by atoms with Gasteiger partial charge in [0.15, 0.2) is 6.29 Å². The van der Waals surface area contributed by atoms with Crippen molar-refractivity contribution in [2.45, 2.75) is 25.5 Å². The number of carbonyl (C=O) groups excluding carboxylic acids is 2. The Balaban J connectivity index is 2.03. The van der Waals surface area contributed by atoms with Crippen LogP contribution in [0.15, 0.2) is 15.6 Å². The summed E-state index contributed by atoms with van der Waals surface area (Å²) in [5, 5.41) is 9.59. The zero-order valence-electron chi connectivity index (χ0n) is 10.7. The standard InChI is InChI=1S/C12H17N3O3S/c1-7(17)11-8-4-10(19-3-2-14-6-13)9(5-16)15(8)12(11)18/h5-8,11,17H,2-4H2,1H3,(H2,13,14)/t7-,8?,11-/m1/s1. The lowest BCUT2D eigenvalue weighted by atomic mass is 9.83. The topological polar surface area (TPSA) is 96.0 Å². The first kappa shape index (κ1) is 14.1. The van der Waals surface area contributed by atoms with E-state index in [1.165, 1.54) is 23.0 Å². The smallest absolute Gasteiger partial charge is 0.235 e. The fourth-order valence-corrected chi connectivity index (χ4v) is 3.62. The maximum Gasteiger partial charge on any atom is 0.235 e. The molecule has 19 heavy (non-hydrogen) atoms. The van der Waals surface area contributed by atoms with Gasteiger partial charge in [0, 0.05) is 17.1 Å². The van der Waals surface area contributed by atoms with Crippen LogP contribution in [-0.4, -0.2) is 53.0 Å². The molecule has 0 aromatic heterocycles. The second kappa shape index (κ2) is 5.75. The predicted molar refractivity (Wildman–Crippen MR) is 73.5 cm³/mol. The summed E-state index contributed by atoms with van der Waals surface area (Å²) in [6.45, 7) is 2.19. The summed E-state index contributed by atoms with van der Waals surface area (Å²) in [5.41, 5.74) is 5.60. The lowest BCUT2D eigenvalue weighted by molar-refractivity contribution is -0.158. The van der Waals surface area contributed by atoms with Crippen molar-refractivity contribution in [3.05, 3.63) is 10.6 Å². The molecule has 0 aromatic rings. The molecule has 3 atom stereocenters. The Morgan fingerprint density at radius 3 is 3.00 bits per heavy atom. The summed E-state index contributed by atoms with van der Waals surface area (Å²) >= 11 is 1.52. The van der Waals surface area contributed by atoms with E-state index in [1.807, 2.05) is 0 Å². The minimum Gasteiger partial charge on any atom is -0.393 e. The third kappa shape index (κ3) is 2.40. The van der Waals surface area contributed by atoms with Crippen LogP contribution < -0.4 is 5.73 Å². The van der Waals surface area contributed by atoms with E-state index in [0.29, 0.717) is 24.4 Å². The van der Waals surface area contributed by atoms with Crippen LogP contribution in [0.2, 0.25) is 0 Å². The van der Waals surface area contributed by atoms with Crippen molar-refractivity contribution in [3.8, 4) is 0 Å². The Hall–Kier alpha value is -1.34. The number of nitrogens with zero attached hydrogens (tertiary/aromatic N) is 2. The first-order valence-electron chi connectivity index (χ1n) is 6.14. The van der Waals surface area contributed by atoms with E-state index < -0.39 is 6.10 Å². The van der Waals surface area contributed by atoms with Crippen LogP contribution in [0.4, 0.5) is 0 Å². The van der Waals surface area contributed by atoms with Gasteiger partial charge in [0.25, 0.3) is 0 Å². The van der Waals surface area contributed by atoms with Gasteiger partial charge in [-0.15, -0.1) is 11.8 Å². The predicted octanol–water partition coefficient (Wildman–Crippen LogP) is -0.271. The lowest BCUT2D eigenvalue weighted by Gasteiger charge is -2.44. The first-order chi connectivity index (χ1) is 9.11. The number of aldehydes is 1. The summed E-state index contributed by atoms with van der Waals surface area (Å²) in [6.07, 6.45) is 1.95. The molecule has 1 unspecified atom stereocenters. The number of thioether (sulfide) groups is 1. The van der Waals surface area contributed by atoms with Crippen LogP contribution >= 0.6 is 11.8 Å². The van der Waals surface area contributed by atoms with Crippen molar-refractivity contribution in [3.63, 3.8) is 0 Å². The van der Waals surface area contributed by atoms with Crippen LogP contribution in [0.25, 0.3) is 0 Å². The molecule has 3 N–H and O–H groups in total. The average molecular weight is 283 g/mol. The van der Waals surface area contributed by atoms with Gasteiger partial charge in [-0.1, -0.05) is 0 Å². The van der Waals surface area contributed by atoms with E-state index in [9.17, 15) is 14.7 Å². The van der Waals surface area contributed by atoms with Crippen molar-refractivity contribution >= 4 is 30.3 Å². The Bertz CT molecular complexity index is 448. The van der Waals surface area contributed by atoms with E-state index in [4.69, 9.17) is 5.73 Å². The first-order valence-corrected chi connectivity index (χ1v) is 7.12. The maximum atomic E-state index is 11.9. The quantitative estimate of drug-likeness (QED) is 0.230. The van der Waals surface area contributed by atoms with Gasteiger partial charge in [0.1, 0.15) is 0 Å². The number of carbonyl (C=O) groups is 2. The average Bonchev–Trinajstić information content (AvgIpc) is 2.68. The molecule has 1 saturated heterocycles. The zero-order chi connectivity index (χ0) is 14.0. The molecule has 0 aliphatic carbocycles. The second-order valence-corrected chi connectivity index (χ2v) is 5.77. The highest BCUT2D eigenvalue weighted by Gasteiger charge is 2.54. The molecule has 1 amide bonds. The molecule has 0 spiro atoms. The van der Waals surface area contributed by atoms with Crippen molar-refractivity contribution in [1.82, 2.24) is 4.90 Å². The minimum absolute atomic E-state index is 0.0618. The molecule has 2 aliphatic heterocycles. The SMILES string of the molecule is C[C@@H](O)[C@H]1C(=O)N2C(C=O)=C(SCCN=CN)CC12. The molecule has 6 nitrogen and oxygen atoms in total. The number of hydrogen-bond acceptors (Lipinski definition) is 5. The maximum absolute atomic E-state index is 11.9. The van der Waals surface area contributed by atoms with Gasteiger partial charge in [0.05, 0.1) is 36.6 Å². The number of aliphatic hydroxyl groups excluding tert-OH is 1. The Morgan fingerprint density at radius 1 is 1.68 bits per heavy atom. The lowest BCUT2D eigenvalue weighted by Crippen LogP contribution is -2.61. The highest BCUT2D eigenvalue weighted by Crippen LogP contribution is 2.46. The van der Waals surface area contributed by atoms with Gasteiger partial charge in [-0.05, 0) is 6.92 Å². The van der Waals surface area contributed by atoms with Crippen LogP contribution in [0, 0.1) is 5.92 Å². The number of rotatable bonds is 6. The third-order valence-corrected chi connectivity index (χ3v) is 4.55. The van der Waals surface area contributed by atoms with E-state index in [0.717, 1.165) is 11.2 Å². The molecule has 0 radical (unpaired) electrons. The molecule has 0 saturated carbocycles.